The van der Waals surface area contributed by atoms with Crippen LogP contribution in [0.15, 0.2) is 46.9 Å². The first-order chi connectivity index (χ1) is 11.9. The molecule has 0 unspecified atom stereocenters. The van der Waals surface area contributed by atoms with Gasteiger partial charge in [0, 0.05) is 10.9 Å². The van der Waals surface area contributed by atoms with Gasteiger partial charge in [-0.1, -0.05) is 58.5 Å². The Morgan fingerprint density at radius 3 is 2.32 bits per heavy atom. The van der Waals surface area contributed by atoms with Crippen molar-refractivity contribution < 1.29 is 0 Å². The lowest BCUT2D eigenvalue weighted by atomic mass is 10.1. The molecule has 0 aliphatic rings. The van der Waals surface area contributed by atoms with E-state index in [1.807, 2.05) is 24.4 Å². The van der Waals surface area contributed by atoms with Gasteiger partial charge in [-0.05, 0) is 36.8 Å². The van der Waals surface area contributed by atoms with E-state index < -0.39 is 0 Å². The third-order valence-corrected chi connectivity index (χ3v) is 5.60. The van der Waals surface area contributed by atoms with Gasteiger partial charge in [-0.15, -0.1) is 11.3 Å². The van der Waals surface area contributed by atoms with Crippen LogP contribution >= 0.6 is 57.7 Å². The molecule has 0 amide bonds. The number of benzene rings is 2. The van der Waals surface area contributed by atoms with Crippen LogP contribution in [0.3, 0.4) is 0 Å². The highest BCUT2D eigenvalue weighted by atomic mass is 35.5. The number of hydrogen-bond donors (Lipinski definition) is 1. The van der Waals surface area contributed by atoms with E-state index in [1.165, 1.54) is 11.3 Å². The number of rotatable bonds is 4. The van der Waals surface area contributed by atoms with Gasteiger partial charge < -0.3 is 0 Å². The van der Waals surface area contributed by atoms with E-state index in [1.54, 1.807) is 24.3 Å². The third kappa shape index (κ3) is 4.46. The largest absolute Gasteiger partial charge is 0.252 e. The molecule has 0 bridgehead atoms. The lowest BCUT2D eigenvalue weighted by Gasteiger charge is -2.03. The fourth-order valence-electron chi connectivity index (χ4n) is 2.03. The van der Waals surface area contributed by atoms with Gasteiger partial charge in [-0.2, -0.15) is 5.10 Å². The molecule has 25 heavy (non-hydrogen) atoms. The van der Waals surface area contributed by atoms with Crippen molar-refractivity contribution in [1.82, 2.24) is 4.98 Å². The van der Waals surface area contributed by atoms with E-state index in [2.05, 4.69) is 15.5 Å². The maximum atomic E-state index is 6.05. The first-order valence-electron chi connectivity index (χ1n) is 7.10. The number of nitrogens with zero attached hydrogens (tertiary/aromatic N) is 2. The average molecular weight is 431 g/mol. The minimum absolute atomic E-state index is 0.491. The predicted octanol–water partition coefficient (Wildman–Crippen LogP) is 7.26. The molecule has 1 aromatic heterocycles. The topological polar surface area (TPSA) is 37.3 Å². The Labute approximate surface area is 169 Å². The zero-order valence-corrected chi connectivity index (χ0v) is 16.7. The van der Waals surface area contributed by atoms with E-state index in [0.717, 1.165) is 22.5 Å². The molecule has 1 N–H and O–H groups in total. The Kier molecular flexibility index (Phi) is 5.87. The molecule has 0 fully saturated rings. The summed E-state index contributed by atoms with van der Waals surface area (Å²) in [6, 6.07) is 10.8. The van der Waals surface area contributed by atoms with Gasteiger partial charge >= 0.3 is 0 Å². The quantitative estimate of drug-likeness (QED) is 0.349. The highest BCUT2D eigenvalue weighted by Gasteiger charge is 2.07. The Hall–Kier alpha value is -1.30. The Balaban J connectivity index is 1.76. The Morgan fingerprint density at radius 1 is 0.960 bits per heavy atom. The fourth-order valence-corrected chi connectivity index (χ4v) is 3.29. The molecule has 2 aromatic carbocycles. The molecule has 8 heteroatoms. The van der Waals surface area contributed by atoms with Crippen LogP contribution in [-0.2, 0) is 0 Å². The summed E-state index contributed by atoms with van der Waals surface area (Å²) in [6.45, 7) is 1.88. The zero-order valence-electron chi connectivity index (χ0n) is 12.9. The minimum atomic E-state index is 0.491. The molecule has 3 nitrogen and oxygen atoms in total. The molecule has 1 heterocycles. The van der Waals surface area contributed by atoms with E-state index >= 15 is 0 Å². The molecule has 0 radical (unpaired) electrons. The van der Waals surface area contributed by atoms with E-state index in [4.69, 9.17) is 46.4 Å². The first-order valence-corrected chi connectivity index (χ1v) is 9.50. The van der Waals surface area contributed by atoms with Gasteiger partial charge in [0.1, 0.15) is 0 Å². The van der Waals surface area contributed by atoms with Gasteiger partial charge in [0.15, 0.2) is 0 Å². The highest BCUT2D eigenvalue weighted by molar-refractivity contribution is 7.14. The zero-order chi connectivity index (χ0) is 18.0. The SMILES string of the molecule is C/C(=N/Nc1nc(-c2ccc(Cl)c(Cl)c2)cs1)c1ccc(Cl)c(Cl)c1. The molecule has 0 aliphatic carbocycles. The standard InChI is InChI=1S/C17H11Cl4N3S/c1-9(10-2-4-12(18)14(20)6-10)23-24-17-22-16(8-25-17)11-3-5-13(19)15(21)7-11/h2-8H,1H3,(H,22,24)/b23-9-. The number of thiazole rings is 1. The molecular formula is C17H11Cl4N3S. The average Bonchev–Trinajstić information content (AvgIpc) is 3.06. The molecule has 3 rings (SSSR count). The predicted molar refractivity (Wildman–Crippen MR) is 110 cm³/mol. The molecule has 0 saturated carbocycles. The van der Waals surface area contributed by atoms with Gasteiger partial charge in [-0.25, -0.2) is 4.98 Å². The van der Waals surface area contributed by atoms with Crippen molar-refractivity contribution in [3.8, 4) is 11.3 Å². The number of hydrazone groups is 1. The molecular weight excluding hydrogens is 420 g/mol. The second-order valence-electron chi connectivity index (χ2n) is 5.10. The van der Waals surface area contributed by atoms with Crippen molar-refractivity contribution >= 4 is 68.6 Å². The van der Waals surface area contributed by atoms with Crippen LogP contribution in [0.1, 0.15) is 12.5 Å². The lowest BCUT2D eigenvalue weighted by Crippen LogP contribution is -1.99. The summed E-state index contributed by atoms with van der Waals surface area (Å²) < 4.78 is 0. The van der Waals surface area contributed by atoms with Crippen LogP contribution in [0.5, 0.6) is 0 Å². The van der Waals surface area contributed by atoms with E-state index in [9.17, 15) is 0 Å². The monoisotopic (exact) mass is 429 g/mol. The van der Waals surface area contributed by atoms with Crippen molar-refractivity contribution in [3.63, 3.8) is 0 Å². The maximum Gasteiger partial charge on any atom is 0.203 e. The van der Waals surface area contributed by atoms with Gasteiger partial charge in [0.25, 0.3) is 0 Å². The van der Waals surface area contributed by atoms with Crippen molar-refractivity contribution in [2.75, 3.05) is 5.43 Å². The van der Waals surface area contributed by atoms with Crippen LogP contribution in [0.4, 0.5) is 5.13 Å². The van der Waals surface area contributed by atoms with Gasteiger partial charge in [0.05, 0.1) is 31.5 Å². The van der Waals surface area contributed by atoms with Crippen LogP contribution in [0.25, 0.3) is 11.3 Å². The molecule has 3 aromatic rings. The highest BCUT2D eigenvalue weighted by Crippen LogP contribution is 2.30. The first kappa shape index (κ1) is 18.5. The van der Waals surface area contributed by atoms with Crippen LogP contribution in [-0.4, -0.2) is 10.7 Å². The van der Waals surface area contributed by atoms with Crippen LogP contribution in [0.2, 0.25) is 20.1 Å². The molecule has 0 saturated heterocycles. The normalized spacial score (nSPS) is 11.6. The number of halogens is 4. The molecule has 0 spiro atoms. The smallest absolute Gasteiger partial charge is 0.203 e. The second-order valence-corrected chi connectivity index (χ2v) is 7.59. The lowest BCUT2D eigenvalue weighted by molar-refractivity contribution is 1.27. The van der Waals surface area contributed by atoms with Crippen LogP contribution < -0.4 is 5.43 Å². The van der Waals surface area contributed by atoms with Crippen molar-refractivity contribution in [1.29, 1.82) is 0 Å². The Morgan fingerprint density at radius 2 is 1.64 bits per heavy atom. The third-order valence-electron chi connectivity index (χ3n) is 3.38. The number of hydrogen-bond acceptors (Lipinski definition) is 4. The molecule has 0 atom stereocenters. The summed E-state index contributed by atoms with van der Waals surface area (Å²) in [7, 11) is 0. The molecule has 128 valence electrons. The number of nitrogens with one attached hydrogen (secondary N) is 1. The summed E-state index contributed by atoms with van der Waals surface area (Å²) in [5.74, 6) is 0. The minimum Gasteiger partial charge on any atom is -0.252 e. The van der Waals surface area contributed by atoms with Gasteiger partial charge in [-0.3, -0.25) is 5.43 Å². The van der Waals surface area contributed by atoms with E-state index in [0.29, 0.717) is 25.2 Å². The van der Waals surface area contributed by atoms with Crippen molar-refractivity contribution in [3.05, 3.63) is 67.4 Å². The second kappa shape index (κ2) is 7.94. The summed E-state index contributed by atoms with van der Waals surface area (Å²) in [6.07, 6.45) is 0. The molecule has 0 aliphatic heterocycles. The van der Waals surface area contributed by atoms with Crippen molar-refractivity contribution in [2.24, 2.45) is 5.10 Å². The number of aromatic nitrogens is 1. The summed E-state index contributed by atoms with van der Waals surface area (Å²) in [5, 5.41) is 8.94. The maximum absolute atomic E-state index is 6.05. The summed E-state index contributed by atoms with van der Waals surface area (Å²) >= 11 is 25.4. The van der Waals surface area contributed by atoms with E-state index in [-0.39, 0.29) is 0 Å². The van der Waals surface area contributed by atoms with Crippen molar-refractivity contribution in [2.45, 2.75) is 6.92 Å². The van der Waals surface area contributed by atoms with Gasteiger partial charge in [0.2, 0.25) is 5.13 Å². The summed E-state index contributed by atoms with van der Waals surface area (Å²) in [5.41, 5.74) is 6.29. The Bertz CT molecular complexity index is 953. The summed E-state index contributed by atoms with van der Waals surface area (Å²) in [4.78, 5) is 4.50. The number of anilines is 1. The fraction of sp³-hybridized carbons (Fsp3) is 0.0588. The van der Waals surface area contributed by atoms with Crippen LogP contribution in [0, 0.1) is 0 Å².